The number of alkyl halides is 1. The van der Waals surface area contributed by atoms with E-state index in [0.29, 0.717) is 11.3 Å². The lowest BCUT2D eigenvalue weighted by atomic mass is 9.94. The van der Waals surface area contributed by atoms with E-state index in [9.17, 15) is 4.79 Å². The van der Waals surface area contributed by atoms with Crippen LogP contribution in [0.2, 0.25) is 0 Å². The predicted molar refractivity (Wildman–Crippen MR) is 77.5 cm³/mol. The summed E-state index contributed by atoms with van der Waals surface area (Å²) >= 11 is 3.50. The predicted octanol–water partition coefficient (Wildman–Crippen LogP) is 3.89. The van der Waals surface area contributed by atoms with Gasteiger partial charge in [-0.05, 0) is 33.6 Å². The van der Waals surface area contributed by atoms with Gasteiger partial charge >= 0.3 is 0 Å². The molecular formula is C14H22BrNO2. The van der Waals surface area contributed by atoms with Gasteiger partial charge in [-0.25, -0.2) is 0 Å². The summed E-state index contributed by atoms with van der Waals surface area (Å²) in [7, 11) is 0. The molecule has 102 valence electrons. The van der Waals surface area contributed by atoms with E-state index in [1.807, 2.05) is 20.8 Å². The van der Waals surface area contributed by atoms with Gasteiger partial charge in [0.2, 0.25) is 0 Å². The molecule has 0 aromatic carbocycles. The zero-order valence-corrected chi connectivity index (χ0v) is 13.4. The molecule has 0 aliphatic carbocycles. The summed E-state index contributed by atoms with van der Waals surface area (Å²) < 4.78 is 5.51. The molecule has 1 rings (SSSR count). The van der Waals surface area contributed by atoms with Gasteiger partial charge in [-0.1, -0.05) is 29.8 Å². The van der Waals surface area contributed by atoms with Crippen LogP contribution >= 0.6 is 15.9 Å². The van der Waals surface area contributed by atoms with Crippen LogP contribution in [0.25, 0.3) is 0 Å². The Hall–Kier alpha value is -0.770. The number of hydrogen-bond donors (Lipinski definition) is 1. The molecule has 1 N–H and O–H groups in total. The van der Waals surface area contributed by atoms with E-state index in [4.69, 9.17) is 4.42 Å². The first kappa shape index (κ1) is 15.3. The minimum Gasteiger partial charge on any atom is -0.466 e. The zero-order chi connectivity index (χ0) is 13.9. The molecule has 0 spiro atoms. The van der Waals surface area contributed by atoms with Crippen LogP contribution in [0.15, 0.2) is 4.42 Å². The van der Waals surface area contributed by atoms with Crippen molar-refractivity contribution in [2.45, 2.75) is 53.0 Å². The third-order valence-corrected chi connectivity index (χ3v) is 4.85. The van der Waals surface area contributed by atoms with Crippen molar-refractivity contribution in [2.75, 3.05) is 5.33 Å². The molecule has 0 aliphatic heterocycles. The van der Waals surface area contributed by atoms with Gasteiger partial charge in [0.25, 0.3) is 5.91 Å². The fourth-order valence-electron chi connectivity index (χ4n) is 2.08. The molecular weight excluding hydrogens is 294 g/mol. The summed E-state index contributed by atoms with van der Waals surface area (Å²) in [5.41, 5.74) is 1.43. The third-order valence-electron chi connectivity index (χ3n) is 3.78. The van der Waals surface area contributed by atoms with Crippen molar-refractivity contribution in [1.82, 2.24) is 5.32 Å². The lowest BCUT2D eigenvalue weighted by Crippen LogP contribution is -2.49. The van der Waals surface area contributed by atoms with Gasteiger partial charge in [0.15, 0.2) is 0 Å². The quantitative estimate of drug-likeness (QED) is 0.838. The normalized spacial score (nSPS) is 11.7. The van der Waals surface area contributed by atoms with Crippen LogP contribution in [0, 0.1) is 20.8 Å². The maximum Gasteiger partial charge on any atom is 0.255 e. The van der Waals surface area contributed by atoms with Gasteiger partial charge in [0, 0.05) is 16.4 Å². The Kier molecular flexibility index (Phi) is 5.02. The molecule has 0 radical (unpaired) electrons. The maximum atomic E-state index is 12.4. The van der Waals surface area contributed by atoms with Gasteiger partial charge < -0.3 is 9.73 Å². The van der Waals surface area contributed by atoms with Crippen molar-refractivity contribution >= 4 is 21.8 Å². The monoisotopic (exact) mass is 315 g/mol. The van der Waals surface area contributed by atoms with Crippen molar-refractivity contribution in [3.05, 3.63) is 22.6 Å². The molecule has 1 amide bonds. The molecule has 3 nitrogen and oxygen atoms in total. The van der Waals surface area contributed by atoms with Crippen molar-refractivity contribution in [3.8, 4) is 0 Å². The molecule has 0 saturated carbocycles. The second-order valence-corrected chi connectivity index (χ2v) is 5.35. The van der Waals surface area contributed by atoms with Crippen LogP contribution in [0.1, 0.15) is 54.1 Å². The molecule has 0 aliphatic rings. The standard InChI is InChI=1S/C14H22BrNO2/c1-6-14(7-2,8-15)16-13(17)12-9(3)10(4)18-11(12)5/h6-8H2,1-5H3,(H,16,17). The fourth-order valence-corrected chi connectivity index (χ4v) is 3.01. The summed E-state index contributed by atoms with van der Waals surface area (Å²) in [6.07, 6.45) is 1.80. The number of carbonyl (C=O) groups is 1. The highest BCUT2D eigenvalue weighted by atomic mass is 79.9. The Balaban J connectivity index is 3.01. The second-order valence-electron chi connectivity index (χ2n) is 4.79. The second kappa shape index (κ2) is 5.91. The van der Waals surface area contributed by atoms with E-state index in [-0.39, 0.29) is 11.4 Å². The molecule has 0 bridgehead atoms. The van der Waals surface area contributed by atoms with E-state index >= 15 is 0 Å². The van der Waals surface area contributed by atoms with Crippen molar-refractivity contribution in [1.29, 1.82) is 0 Å². The molecule has 0 fully saturated rings. The van der Waals surface area contributed by atoms with E-state index in [1.54, 1.807) is 0 Å². The Morgan fingerprint density at radius 2 is 1.78 bits per heavy atom. The lowest BCUT2D eigenvalue weighted by molar-refractivity contribution is 0.0901. The minimum absolute atomic E-state index is 0.0370. The van der Waals surface area contributed by atoms with Crippen LogP contribution in [0.3, 0.4) is 0 Å². The van der Waals surface area contributed by atoms with Gasteiger partial charge in [-0.3, -0.25) is 4.79 Å². The highest BCUT2D eigenvalue weighted by Gasteiger charge is 2.29. The summed E-state index contributed by atoms with van der Waals surface area (Å²) in [6.45, 7) is 9.82. The molecule has 18 heavy (non-hydrogen) atoms. The number of amides is 1. The van der Waals surface area contributed by atoms with Crippen molar-refractivity contribution < 1.29 is 9.21 Å². The topological polar surface area (TPSA) is 42.2 Å². The molecule has 4 heteroatoms. The highest BCUT2D eigenvalue weighted by Crippen LogP contribution is 2.23. The van der Waals surface area contributed by atoms with Crippen LogP contribution < -0.4 is 5.32 Å². The van der Waals surface area contributed by atoms with Gasteiger partial charge in [-0.2, -0.15) is 0 Å². The van der Waals surface area contributed by atoms with Crippen LogP contribution in [-0.2, 0) is 0 Å². The Morgan fingerprint density at radius 3 is 2.11 bits per heavy atom. The van der Waals surface area contributed by atoms with Crippen LogP contribution in [0.4, 0.5) is 0 Å². The zero-order valence-electron chi connectivity index (χ0n) is 11.8. The number of furan rings is 1. The van der Waals surface area contributed by atoms with Crippen molar-refractivity contribution in [3.63, 3.8) is 0 Å². The van der Waals surface area contributed by atoms with Gasteiger partial charge in [0.05, 0.1) is 5.56 Å². The number of aryl methyl sites for hydroxylation is 2. The Bertz CT molecular complexity index is 425. The Morgan fingerprint density at radius 1 is 1.22 bits per heavy atom. The fraction of sp³-hybridized carbons (Fsp3) is 0.643. The van der Waals surface area contributed by atoms with Crippen LogP contribution in [-0.4, -0.2) is 16.8 Å². The Labute approximate surface area is 117 Å². The minimum atomic E-state index is -0.179. The van der Waals surface area contributed by atoms with Crippen LogP contribution in [0.5, 0.6) is 0 Å². The number of carbonyl (C=O) groups excluding carboxylic acids is 1. The molecule has 1 aromatic heterocycles. The summed E-state index contributed by atoms with van der Waals surface area (Å²) in [5, 5.41) is 3.90. The van der Waals surface area contributed by atoms with E-state index in [2.05, 4.69) is 35.1 Å². The van der Waals surface area contributed by atoms with E-state index in [0.717, 1.165) is 29.5 Å². The number of nitrogens with one attached hydrogen (secondary N) is 1. The largest absolute Gasteiger partial charge is 0.466 e. The first-order chi connectivity index (χ1) is 8.40. The first-order valence-corrected chi connectivity index (χ1v) is 7.48. The molecule has 0 atom stereocenters. The summed E-state index contributed by atoms with van der Waals surface area (Å²) in [6, 6.07) is 0. The average Bonchev–Trinajstić information content (AvgIpc) is 2.60. The lowest BCUT2D eigenvalue weighted by Gasteiger charge is -2.30. The number of rotatable bonds is 5. The third kappa shape index (κ3) is 2.79. The van der Waals surface area contributed by atoms with Gasteiger partial charge in [0.1, 0.15) is 11.5 Å². The average molecular weight is 316 g/mol. The summed E-state index contributed by atoms with van der Waals surface area (Å²) in [4.78, 5) is 12.4. The number of halogens is 1. The molecule has 0 unspecified atom stereocenters. The molecule has 0 saturated heterocycles. The van der Waals surface area contributed by atoms with Gasteiger partial charge in [-0.15, -0.1) is 0 Å². The highest BCUT2D eigenvalue weighted by molar-refractivity contribution is 9.09. The number of hydrogen-bond acceptors (Lipinski definition) is 2. The smallest absolute Gasteiger partial charge is 0.255 e. The van der Waals surface area contributed by atoms with Crippen molar-refractivity contribution in [2.24, 2.45) is 0 Å². The maximum absolute atomic E-state index is 12.4. The first-order valence-electron chi connectivity index (χ1n) is 6.35. The SMILES string of the molecule is CCC(CC)(CBr)NC(=O)c1c(C)oc(C)c1C. The molecule has 1 aromatic rings. The summed E-state index contributed by atoms with van der Waals surface area (Å²) in [5.74, 6) is 1.47. The van der Waals surface area contributed by atoms with E-state index in [1.165, 1.54) is 0 Å². The molecule has 1 heterocycles. The van der Waals surface area contributed by atoms with E-state index < -0.39 is 0 Å².